The summed E-state index contributed by atoms with van der Waals surface area (Å²) >= 11 is 0. The Bertz CT molecular complexity index is 968. The number of piperidine rings is 1. The van der Waals surface area contributed by atoms with Crippen LogP contribution in [0.5, 0.6) is 0 Å². The lowest BCUT2D eigenvalue weighted by molar-refractivity contribution is -0.162. The maximum Gasteiger partial charge on any atom is 0.397 e. The number of aromatic amines is 1. The number of carbonyl (C=O) groups excluding carboxylic acids is 1. The number of nitrogens with zero attached hydrogens (tertiary/aromatic N) is 4. The highest BCUT2D eigenvalue weighted by Gasteiger charge is 2.35. The number of pyridine rings is 1. The molecule has 6 nitrogen and oxygen atoms in total. The summed E-state index contributed by atoms with van der Waals surface area (Å²) in [6, 6.07) is 1.88. The quantitative estimate of drug-likeness (QED) is 0.759. The Morgan fingerprint density at radius 1 is 1.31 bits per heavy atom. The molecule has 1 atom stereocenters. The lowest BCUT2D eigenvalue weighted by atomic mass is 9.91. The largest absolute Gasteiger partial charge is 0.397 e. The third-order valence-corrected chi connectivity index (χ3v) is 4.73. The second kappa shape index (κ2) is 6.22. The molecule has 0 bridgehead atoms. The van der Waals surface area contributed by atoms with Crippen molar-refractivity contribution in [3.8, 4) is 0 Å². The molecule has 3 aromatic rings. The van der Waals surface area contributed by atoms with Crippen LogP contribution in [0, 0.1) is 0 Å². The van der Waals surface area contributed by atoms with Gasteiger partial charge < -0.3 is 9.88 Å². The monoisotopic (exact) mass is 363 g/mol. The number of nitrogens with one attached hydrogen (secondary N) is 1. The van der Waals surface area contributed by atoms with Crippen LogP contribution in [-0.2, 0) is 4.79 Å². The number of alkyl halides is 3. The van der Waals surface area contributed by atoms with Crippen LogP contribution >= 0.6 is 0 Å². The van der Waals surface area contributed by atoms with Gasteiger partial charge in [-0.1, -0.05) is 0 Å². The summed E-state index contributed by atoms with van der Waals surface area (Å²) in [5.74, 6) is -1.01. The number of fused-ring (bicyclic) bond motifs is 3. The molecule has 0 radical (unpaired) electrons. The number of carbonyl (C=O) groups is 1. The molecule has 1 amide bonds. The number of rotatable bonds is 2. The van der Waals surface area contributed by atoms with Gasteiger partial charge in [0, 0.05) is 36.0 Å². The molecule has 1 aliphatic heterocycles. The molecular weight excluding hydrogens is 347 g/mol. The second-order valence-corrected chi connectivity index (χ2v) is 6.49. The number of aromatic nitrogens is 4. The van der Waals surface area contributed by atoms with E-state index < -0.39 is 18.5 Å². The van der Waals surface area contributed by atoms with Crippen LogP contribution < -0.4 is 0 Å². The minimum Gasteiger partial charge on any atom is -0.346 e. The Hall–Kier alpha value is -2.71. The molecule has 1 fully saturated rings. The fraction of sp³-hybridized carbons (Fsp3) is 0.412. The van der Waals surface area contributed by atoms with E-state index in [1.807, 2.05) is 6.07 Å². The SMILES string of the molecule is O=C(CC(F)(F)F)N1CCCC(c2ncnc3cnc4[nH]ccc4c23)C1. The van der Waals surface area contributed by atoms with Crippen molar-refractivity contribution in [3.63, 3.8) is 0 Å². The fourth-order valence-electron chi connectivity index (χ4n) is 3.60. The normalized spacial score (nSPS) is 18.6. The summed E-state index contributed by atoms with van der Waals surface area (Å²) in [5, 5.41) is 1.71. The highest BCUT2D eigenvalue weighted by atomic mass is 19.4. The van der Waals surface area contributed by atoms with Crippen molar-refractivity contribution in [3.05, 3.63) is 30.5 Å². The van der Waals surface area contributed by atoms with Crippen molar-refractivity contribution in [2.24, 2.45) is 0 Å². The van der Waals surface area contributed by atoms with E-state index in [0.29, 0.717) is 24.1 Å². The number of amides is 1. The molecule has 0 aliphatic carbocycles. The zero-order chi connectivity index (χ0) is 18.3. The standard InChI is InChI=1S/C17H16F3N5O/c18-17(19,20)6-13(26)25-5-1-2-10(8-25)15-14-11-3-4-21-16(11)22-7-12(14)23-9-24-15/h3-4,7,9-10H,1-2,5-6,8H2,(H,21,22). The fourth-order valence-corrected chi connectivity index (χ4v) is 3.60. The second-order valence-electron chi connectivity index (χ2n) is 6.49. The Labute approximate surface area is 146 Å². The van der Waals surface area contributed by atoms with Gasteiger partial charge in [0.25, 0.3) is 0 Å². The molecule has 0 aromatic carbocycles. The first-order valence-corrected chi connectivity index (χ1v) is 8.33. The molecule has 1 aliphatic rings. The molecule has 1 saturated heterocycles. The predicted molar refractivity (Wildman–Crippen MR) is 88.4 cm³/mol. The van der Waals surface area contributed by atoms with E-state index in [0.717, 1.165) is 22.9 Å². The predicted octanol–water partition coefficient (Wildman–Crippen LogP) is 3.16. The molecule has 3 aromatic heterocycles. The van der Waals surface area contributed by atoms with Crippen molar-refractivity contribution in [1.82, 2.24) is 24.8 Å². The van der Waals surface area contributed by atoms with Gasteiger partial charge in [-0.2, -0.15) is 13.2 Å². The van der Waals surface area contributed by atoms with Gasteiger partial charge in [0.1, 0.15) is 18.4 Å². The van der Waals surface area contributed by atoms with E-state index in [-0.39, 0.29) is 12.5 Å². The maximum absolute atomic E-state index is 12.5. The summed E-state index contributed by atoms with van der Waals surface area (Å²) in [6.07, 6.45) is 0.346. The van der Waals surface area contributed by atoms with E-state index in [1.54, 1.807) is 12.4 Å². The molecule has 26 heavy (non-hydrogen) atoms. The van der Waals surface area contributed by atoms with E-state index in [9.17, 15) is 18.0 Å². The lowest BCUT2D eigenvalue weighted by Gasteiger charge is -2.33. The average molecular weight is 363 g/mol. The van der Waals surface area contributed by atoms with Gasteiger partial charge in [-0.3, -0.25) is 4.79 Å². The van der Waals surface area contributed by atoms with Gasteiger partial charge in [-0.15, -0.1) is 0 Å². The number of likely N-dealkylation sites (tertiary alicyclic amines) is 1. The molecule has 0 spiro atoms. The highest BCUT2D eigenvalue weighted by Crippen LogP contribution is 2.33. The van der Waals surface area contributed by atoms with Gasteiger partial charge in [0.15, 0.2) is 0 Å². The third-order valence-electron chi connectivity index (χ3n) is 4.73. The van der Waals surface area contributed by atoms with Crippen molar-refractivity contribution < 1.29 is 18.0 Å². The topological polar surface area (TPSA) is 74.8 Å². The van der Waals surface area contributed by atoms with Gasteiger partial charge in [0.05, 0.1) is 17.4 Å². The summed E-state index contributed by atoms with van der Waals surface area (Å²) in [5.41, 5.74) is 2.14. The molecular formula is C17H16F3N5O. The molecule has 1 N–H and O–H groups in total. The molecule has 136 valence electrons. The van der Waals surface area contributed by atoms with Gasteiger partial charge in [0.2, 0.25) is 5.91 Å². The van der Waals surface area contributed by atoms with Gasteiger partial charge in [-0.05, 0) is 18.9 Å². The highest BCUT2D eigenvalue weighted by molar-refractivity contribution is 6.04. The van der Waals surface area contributed by atoms with E-state index in [4.69, 9.17) is 0 Å². The van der Waals surface area contributed by atoms with Crippen LogP contribution in [-0.4, -0.2) is 50.0 Å². The summed E-state index contributed by atoms with van der Waals surface area (Å²) < 4.78 is 37.6. The Kier molecular flexibility index (Phi) is 4.01. The Morgan fingerprint density at radius 2 is 2.15 bits per heavy atom. The van der Waals surface area contributed by atoms with E-state index in [2.05, 4.69) is 19.9 Å². The number of hydrogen-bond acceptors (Lipinski definition) is 4. The van der Waals surface area contributed by atoms with Crippen LogP contribution in [0.4, 0.5) is 13.2 Å². The molecule has 4 rings (SSSR count). The third kappa shape index (κ3) is 3.09. The van der Waals surface area contributed by atoms with Crippen LogP contribution in [0.25, 0.3) is 21.9 Å². The number of H-pyrrole nitrogens is 1. The Morgan fingerprint density at radius 3 is 2.96 bits per heavy atom. The smallest absolute Gasteiger partial charge is 0.346 e. The van der Waals surface area contributed by atoms with Crippen LogP contribution in [0.3, 0.4) is 0 Å². The first-order chi connectivity index (χ1) is 12.4. The first kappa shape index (κ1) is 16.7. The zero-order valence-electron chi connectivity index (χ0n) is 13.8. The zero-order valence-corrected chi connectivity index (χ0v) is 13.8. The van der Waals surface area contributed by atoms with Crippen LogP contribution in [0.15, 0.2) is 24.8 Å². The van der Waals surface area contributed by atoms with Crippen LogP contribution in [0.2, 0.25) is 0 Å². The number of halogens is 3. The average Bonchev–Trinajstić information content (AvgIpc) is 3.09. The summed E-state index contributed by atoms with van der Waals surface area (Å²) in [4.78, 5) is 29.3. The summed E-state index contributed by atoms with van der Waals surface area (Å²) in [7, 11) is 0. The van der Waals surface area contributed by atoms with Crippen molar-refractivity contribution in [1.29, 1.82) is 0 Å². The van der Waals surface area contributed by atoms with Gasteiger partial charge >= 0.3 is 6.18 Å². The van der Waals surface area contributed by atoms with Gasteiger partial charge in [-0.25, -0.2) is 15.0 Å². The molecule has 1 unspecified atom stereocenters. The minimum absolute atomic E-state index is 0.132. The molecule has 9 heteroatoms. The molecule has 0 saturated carbocycles. The minimum atomic E-state index is -4.49. The van der Waals surface area contributed by atoms with Crippen LogP contribution in [0.1, 0.15) is 30.9 Å². The number of hydrogen-bond donors (Lipinski definition) is 1. The van der Waals surface area contributed by atoms with E-state index >= 15 is 0 Å². The molecule has 4 heterocycles. The maximum atomic E-state index is 12.5. The van der Waals surface area contributed by atoms with Crippen molar-refractivity contribution in [2.75, 3.05) is 13.1 Å². The summed E-state index contributed by atoms with van der Waals surface area (Å²) in [6.45, 7) is 0.574. The lowest BCUT2D eigenvalue weighted by Crippen LogP contribution is -2.41. The van der Waals surface area contributed by atoms with Crippen molar-refractivity contribution in [2.45, 2.75) is 31.4 Å². The van der Waals surface area contributed by atoms with E-state index in [1.165, 1.54) is 11.2 Å². The Balaban J connectivity index is 1.69. The van der Waals surface area contributed by atoms with Crippen molar-refractivity contribution >= 4 is 27.8 Å². The first-order valence-electron chi connectivity index (χ1n) is 8.33.